The Morgan fingerprint density at radius 2 is 1.87 bits per heavy atom. The first-order chi connectivity index (χ1) is 11.2. The lowest BCUT2D eigenvalue weighted by atomic mass is 10.00. The lowest BCUT2D eigenvalue weighted by Crippen LogP contribution is -2.41. The van der Waals surface area contributed by atoms with E-state index in [4.69, 9.17) is 0 Å². The van der Waals surface area contributed by atoms with E-state index in [0.29, 0.717) is 13.0 Å². The van der Waals surface area contributed by atoms with Gasteiger partial charge in [0.15, 0.2) is 0 Å². The molecule has 1 aliphatic carbocycles. The Bertz CT molecular complexity index is 780. The minimum Gasteiger partial charge on any atom is -0.480 e. The Hall–Kier alpha value is -2.36. The highest BCUT2D eigenvalue weighted by atomic mass is 16.4. The summed E-state index contributed by atoms with van der Waals surface area (Å²) in [6.45, 7) is 0.578. The molecule has 1 amide bonds. The molecular weight excluding hydrogens is 290 g/mol. The summed E-state index contributed by atoms with van der Waals surface area (Å²) >= 11 is 0. The zero-order chi connectivity index (χ0) is 16.0. The highest BCUT2D eigenvalue weighted by molar-refractivity contribution is 5.91. The number of carbonyl (C=O) groups is 2. The molecule has 2 unspecified atom stereocenters. The molecule has 0 aromatic heterocycles. The molecule has 23 heavy (non-hydrogen) atoms. The molecule has 1 saturated carbocycles. The van der Waals surface area contributed by atoms with Gasteiger partial charge in [-0.15, -0.1) is 0 Å². The molecule has 2 aromatic rings. The van der Waals surface area contributed by atoms with E-state index in [1.807, 2.05) is 18.2 Å². The van der Waals surface area contributed by atoms with Gasteiger partial charge in [-0.25, -0.2) is 4.79 Å². The molecule has 4 rings (SSSR count). The van der Waals surface area contributed by atoms with Gasteiger partial charge in [0.2, 0.25) is 5.91 Å². The van der Waals surface area contributed by atoms with Crippen LogP contribution in [0.4, 0.5) is 0 Å². The topological polar surface area (TPSA) is 57.6 Å². The molecule has 2 aliphatic rings. The van der Waals surface area contributed by atoms with Crippen molar-refractivity contribution in [3.63, 3.8) is 0 Å². The van der Waals surface area contributed by atoms with E-state index < -0.39 is 12.0 Å². The fraction of sp³-hybridized carbons (Fsp3) is 0.368. The Kier molecular flexibility index (Phi) is 3.33. The number of aliphatic carboxylic acids is 1. The molecule has 2 aromatic carbocycles. The van der Waals surface area contributed by atoms with Gasteiger partial charge in [0.25, 0.3) is 0 Å². The van der Waals surface area contributed by atoms with E-state index in [9.17, 15) is 14.7 Å². The number of fused-ring (bicyclic) bond motifs is 1. The van der Waals surface area contributed by atoms with Crippen molar-refractivity contribution in [2.45, 2.75) is 31.2 Å². The smallest absolute Gasteiger partial charge is 0.326 e. The van der Waals surface area contributed by atoms with Gasteiger partial charge in [-0.05, 0) is 41.5 Å². The van der Waals surface area contributed by atoms with Gasteiger partial charge in [-0.3, -0.25) is 4.79 Å². The summed E-state index contributed by atoms with van der Waals surface area (Å²) in [5.74, 6) is -0.685. The van der Waals surface area contributed by atoms with Crippen LogP contribution in [0.1, 0.15) is 30.7 Å². The first kappa shape index (κ1) is 14.2. The Labute approximate surface area is 134 Å². The number of carboxylic acids is 1. The van der Waals surface area contributed by atoms with Crippen LogP contribution in [0.25, 0.3) is 10.8 Å². The van der Waals surface area contributed by atoms with E-state index in [0.717, 1.165) is 12.8 Å². The second kappa shape index (κ2) is 5.37. The average Bonchev–Trinajstić information content (AvgIpc) is 3.20. The molecule has 2 fully saturated rings. The van der Waals surface area contributed by atoms with Crippen molar-refractivity contribution < 1.29 is 14.7 Å². The number of nitrogens with zero attached hydrogens (tertiary/aromatic N) is 1. The number of likely N-dealkylation sites (tertiary alicyclic amines) is 1. The van der Waals surface area contributed by atoms with Crippen LogP contribution >= 0.6 is 0 Å². The van der Waals surface area contributed by atoms with Crippen molar-refractivity contribution in [1.29, 1.82) is 0 Å². The van der Waals surface area contributed by atoms with Gasteiger partial charge in [0.1, 0.15) is 6.04 Å². The molecular formula is C19H19NO3. The number of rotatable bonds is 3. The standard InChI is InChI=1S/C19H19NO3/c21-18(20-10-4-9-17(20)19(22)23)16-11-15(16)14-8-3-6-12-5-1-2-7-13(12)14/h1-3,5-8,15-17H,4,9-11H2,(H,22,23)/t15?,16?,17-/m0/s1. The summed E-state index contributed by atoms with van der Waals surface area (Å²) < 4.78 is 0. The van der Waals surface area contributed by atoms with Crippen LogP contribution in [-0.2, 0) is 9.59 Å². The third kappa shape index (κ3) is 2.38. The van der Waals surface area contributed by atoms with E-state index in [1.54, 1.807) is 4.90 Å². The third-order valence-corrected chi connectivity index (χ3v) is 5.15. The van der Waals surface area contributed by atoms with Gasteiger partial charge in [-0.2, -0.15) is 0 Å². The molecule has 4 nitrogen and oxygen atoms in total. The maximum absolute atomic E-state index is 12.7. The van der Waals surface area contributed by atoms with Gasteiger partial charge in [0.05, 0.1) is 0 Å². The fourth-order valence-electron chi connectivity index (χ4n) is 3.89. The van der Waals surface area contributed by atoms with E-state index in [-0.39, 0.29) is 17.7 Å². The highest BCUT2D eigenvalue weighted by Crippen LogP contribution is 2.50. The molecule has 0 spiro atoms. The monoisotopic (exact) mass is 309 g/mol. The van der Waals surface area contributed by atoms with Crippen LogP contribution in [0.15, 0.2) is 42.5 Å². The van der Waals surface area contributed by atoms with Crippen molar-refractivity contribution in [3.8, 4) is 0 Å². The summed E-state index contributed by atoms with van der Waals surface area (Å²) in [4.78, 5) is 25.6. The van der Waals surface area contributed by atoms with Gasteiger partial charge < -0.3 is 10.0 Å². The van der Waals surface area contributed by atoms with Crippen LogP contribution in [0, 0.1) is 5.92 Å². The van der Waals surface area contributed by atoms with Crippen molar-refractivity contribution >= 4 is 22.6 Å². The summed E-state index contributed by atoms with van der Waals surface area (Å²) in [5, 5.41) is 11.7. The van der Waals surface area contributed by atoms with E-state index >= 15 is 0 Å². The molecule has 1 aliphatic heterocycles. The van der Waals surface area contributed by atoms with Crippen molar-refractivity contribution in [1.82, 2.24) is 4.90 Å². The minimum atomic E-state index is -0.877. The zero-order valence-electron chi connectivity index (χ0n) is 12.8. The maximum atomic E-state index is 12.7. The predicted molar refractivity (Wildman–Crippen MR) is 87.2 cm³/mol. The third-order valence-electron chi connectivity index (χ3n) is 5.15. The number of hydrogen-bond donors (Lipinski definition) is 1. The van der Waals surface area contributed by atoms with Gasteiger partial charge >= 0.3 is 5.97 Å². The second-order valence-electron chi connectivity index (χ2n) is 6.54. The number of hydrogen-bond acceptors (Lipinski definition) is 2. The van der Waals surface area contributed by atoms with Crippen LogP contribution in [0.3, 0.4) is 0 Å². The minimum absolute atomic E-state index is 0.0211. The first-order valence-electron chi connectivity index (χ1n) is 8.18. The highest BCUT2D eigenvalue weighted by Gasteiger charge is 2.49. The first-order valence-corrected chi connectivity index (χ1v) is 8.18. The average molecular weight is 309 g/mol. The molecule has 3 atom stereocenters. The zero-order valence-corrected chi connectivity index (χ0v) is 12.8. The molecule has 1 saturated heterocycles. The summed E-state index contributed by atoms with van der Waals surface area (Å²) in [5.41, 5.74) is 1.22. The van der Waals surface area contributed by atoms with Gasteiger partial charge in [0, 0.05) is 12.5 Å². The molecule has 1 N–H and O–H groups in total. The van der Waals surface area contributed by atoms with Crippen LogP contribution in [0.2, 0.25) is 0 Å². The molecule has 118 valence electrons. The lowest BCUT2D eigenvalue weighted by molar-refractivity contribution is -0.148. The van der Waals surface area contributed by atoms with Crippen LogP contribution < -0.4 is 0 Å². The predicted octanol–water partition coefficient (Wildman–Crippen LogP) is 3.02. The fourth-order valence-corrected chi connectivity index (χ4v) is 3.89. The van der Waals surface area contributed by atoms with Crippen LogP contribution in [0.5, 0.6) is 0 Å². The SMILES string of the molecule is O=C(O)[C@@H]1CCCN1C(=O)C1CC1c1cccc2ccccc12. The molecule has 0 radical (unpaired) electrons. The maximum Gasteiger partial charge on any atom is 0.326 e. The Morgan fingerprint density at radius 3 is 2.70 bits per heavy atom. The van der Waals surface area contributed by atoms with Gasteiger partial charge in [-0.1, -0.05) is 42.5 Å². The Morgan fingerprint density at radius 1 is 1.09 bits per heavy atom. The number of benzene rings is 2. The number of carbonyl (C=O) groups excluding carboxylic acids is 1. The lowest BCUT2D eigenvalue weighted by Gasteiger charge is -2.21. The number of amides is 1. The molecule has 4 heteroatoms. The largest absolute Gasteiger partial charge is 0.480 e. The van der Waals surface area contributed by atoms with Crippen molar-refractivity contribution in [2.24, 2.45) is 5.92 Å². The summed E-state index contributed by atoms with van der Waals surface area (Å²) in [7, 11) is 0. The summed E-state index contributed by atoms with van der Waals surface area (Å²) in [6.07, 6.45) is 2.19. The van der Waals surface area contributed by atoms with Crippen molar-refractivity contribution in [2.75, 3.05) is 6.54 Å². The summed E-state index contributed by atoms with van der Waals surface area (Å²) in [6, 6.07) is 13.8. The van der Waals surface area contributed by atoms with Crippen molar-refractivity contribution in [3.05, 3.63) is 48.0 Å². The Balaban J connectivity index is 1.57. The van der Waals surface area contributed by atoms with E-state index in [2.05, 4.69) is 24.3 Å². The molecule has 0 bridgehead atoms. The van der Waals surface area contributed by atoms with Crippen LogP contribution in [-0.4, -0.2) is 34.5 Å². The normalized spacial score (nSPS) is 26.4. The molecule has 1 heterocycles. The quantitative estimate of drug-likeness (QED) is 0.948. The van der Waals surface area contributed by atoms with E-state index in [1.165, 1.54) is 16.3 Å². The second-order valence-corrected chi connectivity index (χ2v) is 6.54. The number of carboxylic acid groups (broad SMARTS) is 1.